The Bertz CT molecular complexity index is 647. The molecule has 1 atom stereocenters. The summed E-state index contributed by atoms with van der Waals surface area (Å²) in [6.07, 6.45) is 0. The lowest BCUT2D eigenvalue weighted by Gasteiger charge is -2.06. The van der Waals surface area contributed by atoms with E-state index in [0.29, 0.717) is 12.2 Å². The first-order valence-corrected chi connectivity index (χ1v) is 8.13. The van der Waals surface area contributed by atoms with Gasteiger partial charge in [-0.3, -0.25) is 9.00 Å². The summed E-state index contributed by atoms with van der Waals surface area (Å²) in [5.74, 6) is 0.604. The molecule has 0 saturated heterocycles. The van der Waals surface area contributed by atoms with Crippen LogP contribution in [0.2, 0.25) is 0 Å². The lowest BCUT2D eigenvalue weighted by Crippen LogP contribution is -2.11. The molecule has 0 saturated carbocycles. The van der Waals surface area contributed by atoms with Gasteiger partial charge in [-0.1, -0.05) is 18.2 Å². The van der Waals surface area contributed by atoms with Crippen LogP contribution in [0.3, 0.4) is 0 Å². The van der Waals surface area contributed by atoms with Gasteiger partial charge in [-0.05, 0) is 49.7 Å². The molecule has 21 heavy (non-hydrogen) atoms. The van der Waals surface area contributed by atoms with Gasteiger partial charge in [-0.25, -0.2) is 0 Å². The molecule has 2 rings (SSSR count). The molecule has 1 unspecified atom stereocenters. The molecule has 2 aromatic rings. The summed E-state index contributed by atoms with van der Waals surface area (Å²) in [4.78, 5) is 12.9. The quantitative estimate of drug-likeness (QED) is 0.768. The molecular formula is C17H18O3S. The fourth-order valence-corrected chi connectivity index (χ4v) is 3.21. The summed E-state index contributed by atoms with van der Waals surface area (Å²) >= 11 is 0. The number of Topliss-reactive ketones (excluding diaryl/α,β-unsaturated/α-hetero) is 1. The molecule has 3 nitrogen and oxygen atoms in total. The fraction of sp³-hybridized carbons (Fsp3) is 0.235. The molecule has 2 aromatic carbocycles. The highest BCUT2D eigenvalue weighted by molar-refractivity contribution is 7.85. The number of carbonyl (C=O) groups is 1. The highest BCUT2D eigenvalue weighted by atomic mass is 32.2. The standard InChI is InChI=1S/C17H18O3S/c1-3-20-15-10-8-14(9-11-15)16(18)12-21(19)17-7-5-4-6-13(17)2/h4-11H,3,12H2,1-2H3. The van der Waals surface area contributed by atoms with Gasteiger partial charge in [0.05, 0.1) is 23.2 Å². The Morgan fingerprint density at radius 2 is 1.76 bits per heavy atom. The largest absolute Gasteiger partial charge is 0.494 e. The summed E-state index contributed by atoms with van der Waals surface area (Å²) < 4.78 is 17.6. The number of ketones is 1. The molecule has 0 radical (unpaired) electrons. The summed E-state index contributed by atoms with van der Waals surface area (Å²) in [6.45, 7) is 4.39. The summed E-state index contributed by atoms with van der Waals surface area (Å²) in [5.41, 5.74) is 1.50. The normalized spacial score (nSPS) is 11.9. The van der Waals surface area contributed by atoms with Gasteiger partial charge in [-0.2, -0.15) is 0 Å². The Morgan fingerprint density at radius 1 is 1.10 bits per heavy atom. The zero-order valence-electron chi connectivity index (χ0n) is 12.2. The number of carbonyl (C=O) groups excluding carboxylic acids is 1. The predicted octanol–water partition coefficient (Wildman–Crippen LogP) is 3.38. The van der Waals surface area contributed by atoms with Gasteiger partial charge in [0.2, 0.25) is 0 Å². The molecule has 0 fully saturated rings. The molecule has 0 aliphatic rings. The second-order valence-corrected chi connectivity index (χ2v) is 6.06. The topological polar surface area (TPSA) is 43.4 Å². The second kappa shape index (κ2) is 7.18. The minimum atomic E-state index is -1.32. The first-order chi connectivity index (χ1) is 10.1. The van der Waals surface area contributed by atoms with Crippen molar-refractivity contribution in [2.24, 2.45) is 0 Å². The third-order valence-electron chi connectivity index (χ3n) is 3.09. The Labute approximate surface area is 127 Å². The number of ether oxygens (including phenoxy) is 1. The van der Waals surface area contributed by atoms with Crippen LogP contribution in [-0.2, 0) is 10.8 Å². The van der Waals surface area contributed by atoms with Crippen LogP contribution in [0.25, 0.3) is 0 Å². The zero-order valence-corrected chi connectivity index (χ0v) is 13.0. The first-order valence-electron chi connectivity index (χ1n) is 6.82. The summed E-state index contributed by atoms with van der Waals surface area (Å²) in [5, 5.41) is 0. The third-order valence-corrected chi connectivity index (χ3v) is 4.56. The Kier molecular flexibility index (Phi) is 5.28. The van der Waals surface area contributed by atoms with E-state index in [2.05, 4.69) is 0 Å². The van der Waals surface area contributed by atoms with E-state index in [-0.39, 0.29) is 11.5 Å². The maximum absolute atomic E-state index is 12.3. The molecule has 0 N–H and O–H groups in total. The number of hydrogen-bond donors (Lipinski definition) is 0. The van der Waals surface area contributed by atoms with Gasteiger partial charge in [-0.15, -0.1) is 0 Å². The number of aryl methyl sites for hydroxylation is 1. The monoisotopic (exact) mass is 302 g/mol. The lowest BCUT2D eigenvalue weighted by molar-refractivity contribution is 0.102. The Balaban J connectivity index is 2.07. The maximum atomic E-state index is 12.3. The van der Waals surface area contributed by atoms with Crippen LogP contribution in [0, 0.1) is 6.92 Å². The van der Waals surface area contributed by atoms with Crippen molar-refractivity contribution in [1.29, 1.82) is 0 Å². The zero-order chi connectivity index (χ0) is 15.2. The van der Waals surface area contributed by atoms with Gasteiger partial charge < -0.3 is 4.74 Å². The Morgan fingerprint density at radius 3 is 2.38 bits per heavy atom. The lowest BCUT2D eigenvalue weighted by atomic mass is 10.1. The molecular weight excluding hydrogens is 284 g/mol. The van der Waals surface area contributed by atoms with E-state index in [1.165, 1.54) is 0 Å². The summed E-state index contributed by atoms with van der Waals surface area (Å²) in [6, 6.07) is 14.4. The van der Waals surface area contributed by atoms with Gasteiger partial charge >= 0.3 is 0 Å². The van der Waals surface area contributed by atoms with Crippen LogP contribution in [0.15, 0.2) is 53.4 Å². The number of hydrogen-bond acceptors (Lipinski definition) is 3. The molecule has 0 heterocycles. The van der Waals surface area contributed by atoms with E-state index < -0.39 is 10.8 Å². The van der Waals surface area contributed by atoms with Gasteiger partial charge in [0.15, 0.2) is 5.78 Å². The van der Waals surface area contributed by atoms with Crippen LogP contribution < -0.4 is 4.74 Å². The average Bonchev–Trinajstić information content (AvgIpc) is 2.48. The van der Waals surface area contributed by atoms with E-state index >= 15 is 0 Å². The molecule has 0 aliphatic heterocycles. The Hall–Kier alpha value is -1.94. The molecule has 0 spiro atoms. The molecule has 0 aromatic heterocycles. The van der Waals surface area contributed by atoms with Crippen LogP contribution in [0.4, 0.5) is 0 Å². The molecule has 0 amide bonds. The van der Waals surface area contributed by atoms with Gasteiger partial charge in [0.25, 0.3) is 0 Å². The van der Waals surface area contributed by atoms with E-state index in [0.717, 1.165) is 16.2 Å². The van der Waals surface area contributed by atoms with Crippen molar-refractivity contribution in [2.45, 2.75) is 18.7 Å². The summed E-state index contributed by atoms with van der Waals surface area (Å²) in [7, 11) is -1.32. The second-order valence-electron chi connectivity index (χ2n) is 4.64. The smallest absolute Gasteiger partial charge is 0.175 e. The van der Waals surface area contributed by atoms with Crippen molar-refractivity contribution < 1.29 is 13.7 Å². The molecule has 4 heteroatoms. The minimum Gasteiger partial charge on any atom is -0.494 e. The first kappa shape index (κ1) is 15.4. The van der Waals surface area contributed by atoms with Crippen molar-refractivity contribution in [1.82, 2.24) is 0 Å². The van der Waals surface area contributed by atoms with Crippen LogP contribution in [-0.4, -0.2) is 22.4 Å². The number of benzene rings is 2. The van der Waals surface area contributed by atoms with Crippen LogP contribution in [0.5, 0.6) is 5.75 Å². The SMILES string of the molecule is CCOc1ccc(C(=O)CS(=O)c2ccccc2C)cc1. The third kappa shape index (κ3) is 4.02. The van der Waals surface area contributed by atoms with E-state index in [4.69, 9.17) is 4.74 Å². The van der Waals surface area contributed by atoms with Gasteiger partial charge in [0, 0.05) is 10.5 Å². The van der Waals surface area contributed by atoms with E-state index in [1.54, 1.807) is 30.3 Å². The predicted molar refractivity (Wildman–Crippen MR) is 84.4 cm³/mol. The average molecular weight is 302 g/mol. The molecule has 0 aliphatic carbocycles. The van der Waals surface area contributed by atoms with Crippen molar-refractivity contribution >= 4 is 16.6 Å². The van der Waals surface area contributed by atoms with E-state index in [9.17, 15) is 9.00 Å². The highest BCUT2D eigenvalue weighted by Gasteiger charge is 2.13. The van der Waals surface area contributed by atoms with Gasteiger partial charge in [0.1, 0.15) is 5.75 Å². The van der Waals surface area contributed by atoms with Crippen molar-refractivity contribution in [3.05, 3.63) is 59.7 Å². The maximum Gasteiger partial charge on any atom is 0.175 e. The number of rotatable bonds is 6. The van der Waals surface area contributed by atoms with Crippen LogP contribution >= 0.6 is 0 Å². The van der Waals surface area contributed by atoms with Crippen LogP contribution in [0.1, 0.15) is 22.8 Å². The fourth-order valence-electron chi connectivity index (χ4n) is 2.00. The van der Waals surface area contributed by atoms with E-state index in [1.807, 2.05) is 32.0 Å². The van der Waals surface area contributed by atoms with Crippen molar-refractivity contribution in [2.75, 3.05) is 12.4 Å². The molecule has 110 valence electrons. The minimum absolute atomic E-state index is 0.00116. The molecule has 0 bridgehead atoms. The highest BCUT2D eigenvalue weighted by Crippen LogP contribution is 2.16. The van der Waals surface area contributed by atoms with Crippen molar-refractivity contribution in [3.8, 4) is 5.75 Å². The van der Waals surface area contributed by atoms with Crippen molar-refractivity contribution in [3.63, 3.8) is 0 Å².